The van der Waals surface area contributed by atoms with Crippen LogP contribution < -0.4 is 15.1 Å². The summed E-state index contributed by atoms with van der Waals surface area (Å²) in [6, 6.07) is 9.30. The molecule has 0 radical (unpaired) electrons. The maximum Gasteiger partial charge on any atom is 0.260 e. The molecule has 2 aromatic rings. The van der Waals surface area contributed by atoms with Gasteiger partial charge in [-0.3, -0.25) is 14.5 Å². The van der Waals surface area contributed by atoms with Gasteiger partial charge in [0, 0.05) is 56.0 Å². The molecule has 0 atom stereocenters. The van der Waals surface area contributed by atoms with Crippen LogP contribution in [-0.2, 0) is 16.1 Å². The van der Waals surface area contributed by atoms with Gasteiger partial charge in [-0.15, -0.1) is 0 Å². The number of hydrogen-bond acceptors (Lipinski definition) is 7. The molecular formula is C22H26ClN3O5. The van der Waals surface area contributed by atoms with E-state index in [1.807, 2.05) is 18.2 Å². The number of nitrogens with zero attached hydrogens (tertiary/aromatic N) is 3. The number of piperazine rings is 1. The van der Waals surface area contributed by atoms with Crippen LogP contribution in [0.25, 0.3) is 0 Å². The van der Waals surface area contributed by atoms with Gasteiger partial charge in [0.2, 0.25) is 11.2 Å². The van der Waals surface area contributed by atoms with Gasteiger partial charge in [0.05, 0.1) is 19.8 Å². The predicted octanol–water partition coefficient (Wildman–Crippen LogP) is 1.85. The smallest absolute Gasteiger partial charge is 0.260 e. The molecule has 31 heavy (non-hydrogen) atoms. The van der Waals surface area contributed by atoms with Crippen molar-refractivity contribution in [1.29, 1.82) is 0 Å². The van der Waals surface area contributed by atoms with Crippen LogP contribution in [0, 0.1) is 0 Å². The number of benzene rings is 1. The summed E-state index contributed by atoms with van der Waals surface area (Å²) >= 11 is 6.09. The Bertz CT molecular complexity index is 952. The maximum atomic E-state index is 12.4. The van der Waals surface area contributed by atoms with Crippen LogP contribution in [-0.4, -0.2) is 74.8 Å². The lowest BCUT2D eigenvalue weighted by molar-refractivity contribution is -0.137. The monoisotopic (exact) mass is 447 g/mol. The van der Waals surface area contributed by atoms with E-state index in [0.29, 0.717) is 38.6 Å². The molecule has 1 amide bonds. The van der Waals surface area contributed by atoms with E-state index < -0.39 is 0 Å². The molecule has 9 heteroatoms. The zero-order valence-corrected chi connectivity index (χ0v) is 18.1. The first-order valence-electron chi connectivity index (χ1n) is 10.4. The van der Waals surface area contributed by atoms with Gasteiger partial charge in [-0.05, 0) is 18.2 Å². The van der Waals surface area contributed by atoms with Crippen LogP contribution in [0.4, 0.5) is 5.69 Å². The highest BCUT2D eigenvalue weighted by molar-refractivity contribution is 6.30. The number of amides is 1. The lowest BCUT2D eigenvalue weighted by Crippen LogP contribution is -2.46. The maximum absolute atomic E-state index is 12.4. The van der Waals surface area contributed by atoms with Crippen LogP contribution >= 0.6 is 11.6 Å². The molecule has 0 saturated carbocycles. The minimum atomic E-state index is -0.284. The fourth-order valence-corrected chi connectivity index (χ4v) is 3.91. The predicted molar refractivity (Wildman–Crippen MR) is 117 cm³/mol. The zero-order chi connectivity index (χ0) is 21.6. The average Bonchev–Trinajstić information content (AvgIpc) is 2.79. The fourth-order valence-electron chi connectivity index (χ4n) is 3.73. The summed E-state index contributed by atoms with van der Waals surface area (Å²) in [5.41, 5.74) is 0.834. The van der Waals surface area contributed by atoms with Gasteiger partial charge in [0.15, 0.2) is 6.61 Å². The van der Waals surface area contributed by atoms with Crippen molar-refractivity contribution in [3.63, 3.8) is 0 Å². The Morgan fingerprint density at radius 1 is 1.06 bits per heavy atom. The summed E-state index contributed by atoms with van der Waals surface area (Å²) in [4.78, 5) is 30.7. The van der Waals surface area contributed by atoms with Gasteiger partial charge in [-0.25, -0.2) is 0 Å². The molecule has 0 unspecified atom stereocenters. The number of ether oxygens (including phenoxy) is 2. The highest BCUT2D eigenvalue weighted by atomic mass is 35.5. The minimum Gasteiger partial charge on any atom is -0.477 e. The lowest BCUT2D eigenvalue weighted by Gasteiger charge is -2.35. The highest BCUT2D eigenvalue weighted by Gasteiger charge is 2.20. The van der Waals surface area contributed by atoms with Crippen LogP contribution in [0.5, 0.6) is 5.75 Å². The molecule has 2 saturated heterocycles. The lowest BCUT2D eigenvalue weighted by atomic mass is 10.2. The summed E-state index contributed by atoms with van der Waals surface area (Å²) in [6.07, 6.45) is 1.30. The summed E-state index contributed by atoms with van der Waals surface area (Å²) in [7, 11) is 0. The third-order valence-electron chi connectivity index (χ3n) is 5.49. The molecule has 0 aliphatic carbocycles. The molecule has 3 heterocycles. The first kappa shape index (κ1) is 21.7. The third kappa shape index (κ3) is 5.78. The van der Waals surface area contributed by atoms with E-state index in [-0.39, 0.29) is 23.7 Å². The van der Waals surface area contributed by atoms with Crippen molar-refractivity contribution < 1.29 is 18.7 Å². The Hall–Kier alpha value is -2.55. The van der Waals surface area contributed by atoms with Crippen molar-refractivity contribution in [3.8, 4) is 5.75 Å². The molecule has 2 aliphatic heterocycles. The number of anilines is 1. The molecule has 8 nitrogen and oxygen atoms in total. The van der Waals surface area contributed by atoms with Crippen molar-refractivity contribution >= 4 is 23.2 Å². The molecule has 2 aliphatic rings. The zero-order valence-electron chi connectivity index (χ0n) is 17.3. The van der Waals surface area contributed by atoms with Gasteiger partial charge in [-0.2, -0.15) is 0 Å². The van der Waals surface area contributed by atoms with Crippen molar-refractivity contribution in [2.75, 3.05) is 64.0 Å². The number of carbonyl (C=O) groups excluding carboxylic acids is 1. The van der Waals surface area contributed by atoms with Crippen molar-refractivity contribution in [1.82, 2.24) is 9.80 Å². The van der Waals surface area contributed by atoms with Crippen LogP contribution in [0.2, 0.25) is 5.02 Å². The van der Waals surface area contributed by atoms with E-state index in [9.17, 15) is 9.59 Å². The summed E-state index contributed by atoms with van der Waals surface area (Å²) in [5, 5.41) is 0.732. The molecule has 2 fully saturated rings. The SMILES string of the molecule is O=C(COc1coc(CN2CCN(c3cccc(Cl)c3)CC2)cc1=O)N1CCOCC1. The van der Waals surface area contributed by atoms with Crippen LogP contribution in [0.1, 0.15) is 5.76 Å². The average molecular weight is 448 g/mol. The Kier molecular flexibility index (Phi) is 7.11. The highest BCUT2D eigenvalue weighted by Crippen LogP contribution is 2.21. The molecule has 4 rings (SSSR count). The molecule has 166 valence electrons. The van der Waals surface area contributed by atoms with Crippen LogP contribution in [0.15, 0.2) is 45.8 Å². The number of halogens is 1. The number of rotatable bonds is 6. The third-order valence-corrected chi connectivity index (χ3v) is 5.73. The van der Waals surface area contributed by atoms with Gasteiger partial charge < -0.3 is 23.7 Å². The molecule has 0 spiro atoms. The quantitative estimate of drug-likeness (QED) is 0.669. The Labute approximate surface area is 185 Å². The van der Waals surface area contributed by atoms with Gasteiger partial charge in [-0.1, -0.05) is 17.7 Å². The number of morpholine rings is 1. The summed E-state index contributed by atoms with van der Waals surface area (Å²) in [6.45, 7) is 5.93. The second-order valence-electron chi connectivity index (χ2n) is 7.60. The number of hydrogen-bond donors (Lipinski definition) is 0. The van der Waals surface area contributed by atoms with Gasteiger partial charge >= 0.3 is 0 Å². The van der Waals surface area contributed by atoms with Gasteiger partial charge in [0.1, 0.15) is 12.0 Å². The minimum absolute atomic E-state index is 0.0520. The van der Waals surface area contributed by atoms with Gasteiger partial charge in [0.25, 0.3) is 5.91 Å². The fraction of sp³-hybridized carbons (Fsp3) is 0.455. The second-order valence-corrected chi connectivity index (χ2v) is 8.04. The first-order valence-corrected chi connectivity index (χ1v) is 10.8. The molecule has 1 aromatic carbocycles. The van der Waals surface area contributed by atoms with Crippen LogP contribution in [0.3, 0.4) is 0 Å². The summed E-state index contributed by atoms with van der Waals surface area (Å²) in [5.74, 6) is 0.466. The molecular weight excluding hydrogens is 422 g/mol. The first-order chi connectivity index (χ1) is 15.1. The molecule has 1 aromatic heterocycles. The second kappa shape index (κ2) is 10.2. The Morgan fingerprint density at radius 2 is 1.84 bits per heavy atom. The topological polar surface area (TPSA) is 75.5 Å². The van der Waals surface area contributed by atoms with E-state index in [0.717, 1.165) is 36.9 Å². The van der Waals surface area contributed by atoms with Crippen molar-refractivity contribution in [2.24, 2.45) is 0 Å². The molecule has 0 N–H and O–H groups in total. The normalized spacial score (nSPS) is 17.6. The van der Waals surface area contributed by atoms with E-state index in [2.05, 4.69) is 15.9 Å². The standard InChI is InChI=1S/C22H26ClN3O5/c23-17-2-1-3-18(12-17)25-6-4-24(5-7-25)14-19-13-20(27)21(15-30-19)31-16-22(28)26-8-10-29-11-9-26/h1-3,12-13,15H,4-11,14,16H2. The van der Waals surface area contributed by atoms with E-state index in [1.54, 1.807) is 4.90 Å². The number of carbonyl (C=O) groups is 1. The Morgan fingerprint density at radius 3 is 2.55 bits per heavy atom. The largest absolute Gasteiger partial charge is 0.477 e. The summed E-state index contributed by atoms with van der Waals surface area (Å²) < 4.78 is 16.2. The van der Waals surface area contributed by atoms with Crippen molar-refractivity contribution in [3.05, 3.63) is 57.6 Å². The van der Waals surface area contributed by atoms with E-state index in [4.69, 9.17) is 25.5 Å². The van der Waals surface area contributed by atoms with E-state index in [1.165, 1.54) is 12.3 Å². The molecule has 0 bridgehead atoms. The van der Waals surface area contributed by atoms with E-state index >= 15 is 0 Å². The Balaban J connectivity index is 1.27. The van der Waals surface area contributed by atoms with Crippen molar-refractivity contribution in [2.45, 2.75) is 6.54 Å².